The van der Waals surface area contributed by atoms with Crippen molar-refractivity contribution >= 4 is 5.78 Å². The van der Waals surface area contributed by atoms with Crippen LogP contribution in [0.3, 0.4) is 0 Å². The molecule has 15 heavy (non-hydrogen) atoms. The van der Waals surface area contributed by atoms with Crippen LogP contribution in [0.5, 0.6) is 0 Å². The molecule has 0 heterocycles. The summed E-state index contributed by atoms with van der Waals surface area (Å²) >= 11 is 0. The van der Waals surface area contributed by atoms with Crippen molar-refractivity contribution in [1.82, 2.24) is 4.90 Å². The van der Waals surface area contributed by atoms with Gasteiger partial charge in [-0.3, -0.25) is 9.69 Å². The fourth-order valence-electron chi connectivity index (χ4n) is 1.40. The Bertz CT molecular complexity index is 197. The molecule has 0 saturated heterocycles. The normalized spacial score (nSPS) is 12.8. The van der Waals surface area contributed by atoms with Gasteiger partial charge in [0.25, 0.3) is 0 Å². The molecule has 1 atom stereocenters. The first-order valence-electron chi connectivity index (χ1n) is 5.00. The van der Waals surface area contributed by atoms with E-state index in [1.54, 1.807) is 11.0 Å². The number of hydrogen-bond acceptors (Lipinski definition) is 5. The molecule has 0 saturated carbocycles. The lowest BCUT2D eigenvalue weighted by Crippen LogP contribution is -2.45. The Kier molecular flexibility index (Phi) is 8.12. The number of nitrogens with two attached hydrogens (primary N) is 1. The van der Waals surface area contributed by atoms with Crippen molar-refractivity contribution in [3.8, 4) is 0 Å². The second-order valence-corrected chi connectivity index (χ2v) is 3.21. The number of Topliss-reactive ketones (excluding diaryl/α,β-unsaturated/α-hetero) is 1. The molecule has 0 fully saturated rings. The van der Waals surface area contributed by atoms with Gasteiger partial charge in [0.2, 0.25) is 0 Å². The SMILES string of the molecule is C=CCN(CCO)C(CO)C(=O)CCN. The summed E-state index contributed by atoms with van der Waals surface area (Å²) in [6, 6.07) is -0.585. The van der Waals surface area contributed by atoms with Gasteiger partial charge in [0.15, 0.2) is 5.78 Å². The molecule has 0 aliphatic carbocycles. The van der Waals surface area contributed by atoms with E-state index >= 15 is 0 Å². The standard InChI is InChI=1S/C10H20N2O3/c1-2-5-12(6-7-13)9(8-14)10(15)3-4-11/h2,9,13-14H,1,3-8,11H2. The summed E-state index contributed by atoms with van der Waals surface area (Å²) in [6.45, 7) is 4.33. The highest BCUT2D eigenvalue weighted by Gasteiger charge is 2.22. The fourth-order valence-corrected chi connectivity index (χ4v) is 1.40. The van der Waals surface area contributed by atoms with E-state index < -0.39 is 6.04 Å². The first-order valence-corrected chi connectivity index (χ1v) is 5.00. The zero-order chi connectivity index (χ0) is 11.7. The summed E-state index contributed by atoms with van der Waals surface area (Å²) in [6.07, 6.45) is 1.87. The number of carbonyl (C=O) groups excluding carboxylic acids is 1. The van der Waals surface area contributed by atoms with Crippen LogP contribution in [0.1, 0.15) is 6.42 Å². The van der Waals surface area contributed by atoms with Crippen LogP contribution in [0.15, 0.2) is 12.7 Å². The zero-order valence-corrected chi connectivity index (χ0v) is 8.93. The quantitative estimate of drug-likeness (QED) is 0.419. The summed E-state index contributed by atoms with van der Waals surface area (Å²) in [4.78, 5) is 13.3. The van der Waals surface area contributed by atoms with Crippen LogP contribution in [0.4, 0.5) is 0 Å². The van der Waals surface area contributed by atoms with E-state index in [1.165, 1.54) is 0 Å². The molecule has 0 bridgehead atoms. The average Bonchev–Trinajstić information content (AvgIpc) is 2.20. The van der Waals surface area contributed by atoms with Gasteiger partial charge in [-0.25, -0.2) is 0 Å². The summed E-state index contributed by atoms with van der Waals surface area (Å²) in [5, 5.41) is 18.0. The predicted octanol–water partition coefficient (Wildman–Crippen LogP) is -1.25. The maximum absolute atomic E-state index is 11.6. The average molecular weight is 216 g/mol. The van der Waals surface area contributed by atoms with Crippen LogP contribution in [0.2, 0.25) is 0 Å². The van der Waals surface area contributed by atoms with Crippen LogP contribution in [-0.2, 0) is 4.79 Å². The second kappa shape index (κ2) is 8.55. The molecule has 0 rings (SSSR count). The van der Waals surface area contributed by atoms with Gasteiger partial charge in [-0.05, 0) is 6.54 Å². The lowest BCUT2D eigenvalue weighted by Gasteiger charge is -2.27. The third-order valence-electron chi connectivity index (χ3n) is 2.13. The Labute approximate surface area is 90.2 Å². The molecule has 0 aromatic heterocycles. The highest BCUT2D eigenvalue weighted by molar-refractivity contribution is 5.84. The Hall–Kier alpha value is -0.750. The lowest BCUT2D eigenvalue weighted by molar-refractivity contribution is -0.125. The van der Waals surface area contributed by atoms with Gasteiger partial charge >= 0.3 is 0 Å². The van der Waals surface area contributed by atoms with Gasteiger partial charge in [-0.1, -0.05) is 6.08 Å². The van der Waals surface area contributed by atoms with Crippen molar-refractivity contribution in [2.45, 2.75) is 12.5 Å². The van der Waals surface area contributed by atoms with E-state index in [0.717, 1.165) is 0 Å². The minimum Gasteiger partial charge on any atom is -0.395 e. The van der Waals surface area contributed by atoms with Gasteiger partial charge in [0.1, 0.15) is 0 Å². The number of aliphatic hydroxyl groups excluding tert-OH is 2. The number of carbonyl (C=O) groups is 1. The molecule has 88 valence electrons. The van der Waals surface area contributed by atoms with Gasteiger partial charge in [-0.2, -0.15) is 0 Å². The van der Waals surface area contributed by atoms with Crippen LogP contribution < -0.4 is 5.73 Å². The number of aliphatic hydroxyl groups is 2. The third-order valence-corrected chi connectivity index (χ3v) is 2.13. The maximum Gasteiger partial charge on any atom is 0.153 e. The molecule has 4 N–H and O–H groups in total. The molecule has 0 radical (unpaired) electrons. The van der Waals surface area contributed by atoms with Crippen molar-refractivity contribution in [2.75, 3.05) is 32.8 Å². The zero-order valence-electron chi connectivity index (χ0n) is 8.93. The molecular formula is C10H20N2O3. The number of nitrogens with zero attached hydrogens (tertiary/aromatic N) is 1. The number of ketones is 1. The maximum atomic E-state index is 11.6. The Morgan fingerprint density at radius 3 is 2.60 bits per heavy atom. The summed E-state index contributed by atoms with van der Waals surface area (Å²) in [5.74, 6) is -0.102. The van der Waals surface area contributed by atoms with Crippen molar-refractivity contribution in [2.24, 2.45) is 5.73 Å². The van der Waals surface area contributed by atoms with Crippen molar-refractivity contribution in [3.63, 3.8) is 0 Å². The summed E-state index contributed by atoms with van der Waals surface area (Å²) in [5.41, 5.74) is 5.28. The molecule has 1 unspecified atom stereocenters. The predicted molar refractivity (Wildman–Crippen MR) is 58.4 cm³/mol. The molecule has 5 nitrogen and oxygen atoms in total. The van der Waals surface area contributed by atoms with E-state index in [9.17, 15) is 4.79 Å². The first kappa shape index (κ1) is 14.2. The second-order valence-electron chi connectivity index (χ2n) is 3.21. The van der Waals surface area contributed by atoms with Gasteiger partial charge < -0.3 is 15.9 Å². The van der Waals surface area contributed by atoms with E-state index in [-0.39, 0.29) is 32.0 Å². The van der Waals surface area contributed by atoms with E-state index in [4.69, 9.17) is 15.9 Å². The van der Waals surface area contributed by atoms with E-state index in [0.29, 0.717) is 13.1 Å². The Balaban J connectivity index is 4.41. The molecule has 0 spiro atoms. The highest BCUT2D eigenvalue weighted by Crippen LogP contribution is 2.02. The molecular weight excluding hydrogens is 196 g/mol. The van der Waals surface area contributed by atoms with Crippen LogP contribution >= 0.6 is 0 Å². The smallest absolute Gasteiger partial charge is 0.153 e. The molecule has 0 aromatic carbocycles. The molecule has 0 aliphatic rings. The molecule has 0 aliphatic heterocycles. The van der Waals surface area contributed by atoms with Crippen molar-refractivity contribution in [3.05, 3.63) is 12.7 Å². The fraction of sp³-hybridized carbons (Fsp3) is 0.700. The summed E-state index contributed by atoms with van der Waals surface area (Å²) in [7, 11) is 0. The molecule has 0 amide bonds. The van der Waals surface area contributed by atoms with Gasteiger partial charge in [0.05, 0.1) is 19.3 Å². The van der Waals surface area contributed by atoms with Gasteiger partial charge in [-0.15, -0.1) is 6.58 Å². The minimum atomic E-state index is -0.585. The van der Waals surface area contributed by atoms with Crippen molar-refractivity contribution in [1.29, 1.82) is 0 Å². The lowest BCUT2D eigenvalue weighted by atomic mass is 10.1. The van der Waals surface area contributed by atoms with E-state index in [1.807, 2.05) is 0 Å². The topological polar surface area (TPSA) is 86.8 Å². The van der Waals surface area contributed by atoms with Gasteiger partial charge in [0, 0.05) is 19.5 Å². The summed E-state index contributed by atoms with van der Waals surface area (Å²) < 4.78 is 0. The van der Waals surface area contributed by atoms with Crippen LogP contribution in [0.25, 0.3) is 0 Å². The minimum absolute atomic E-state index is 0.0553. The highest BCUT2D eigenvalue weighted by atomic mass is 16.3. The van der Waals surface area contributed by atoms with Crippen LogP contribution in [0, 0.1) is 0 Å². The largest absolute Gasteiger partial charge is 0.395 e. The van der Waals surface area contributed by atoms with E-state index in [2.05, 4.69) is 6.58 Å². The number of hydrogen-bond donors (Lipinski definition) is 3. The number of rotatable bonds is 9. The Morgan fingerprint density at radius 1 is 1.53 bits per heavy atom. The first-order chi connectivity index (χ1) is 7.21. The van der Waals surface area contributed by atoms with Crippen molar-refractivity contribution < 1.29 is 15.0 Å². The monoisotopic (exact) mass is 216 g/mol. The Morgan fingerprint density at radius 2 is 2.20 bits per heavy atom. The molecule has 5 heteroatoms. The van der Waals surface area contributed by atoms with Crippen LogP contribution in [-0.4, -0.2) is 59.8 Å². The third kappa shape index (κ3) is 5.03. The molecule has 0 aromatic rings.